The molecule has 732 valence electrons. The maximum atomic E-state index is 14.4. The minimum Gasteiger partial charge on any atom is -0.460 e. The van der Waals surface area contributed by atoms with Gasteiger partial charge in [-0.1, -0.05) is 142 Å². The quantitative estimate of drug-likeness (QED) is 0.0600. The number of hydrogen-bond donors (Lipinski definition) is 6. The first kappa shape index (κ1) is 110. The molecule has 28 heteroatoms. The molecule has 6 heterocycles. The lowest BCUT2D eigenvalue weighted by Gasteiger charge is -2.42. The van der Waals surface area contributed by atoms with Crippen LogP contribution in [0.4, 0.5) is 0 Å². The number of piperidine rings is 2. The Labute approximate surface area is 772 Å². The van der Waals surface area contributed by atoms with E-state index in [2.05, 4.69) is 0 Å². The fourth-order valence-electron chi connectivity index (χ4n) is 20.2. The van der Waals surface area contributed by atoms with Crippen LogP contribution in [-0.2, 0) is 95.3 Å². The lowest BCUT2D eigenvalue weighted by molar-refractivity contribution is -0.265. The Morgan fingerprint density at radius 2 is 0.785 bits per heavy atom. The van der Waals surface area contributed by atoms with Gasteiger partial charge in [0.25, 0.3) is 23.4 Å². The standard InChI is InChI=1S/2C51H79NO13/c2*1-30-16-12-11-13-17-31(2)42(61-8)28-38-21-19-36(7)51(60,65-38)48(57)49(58)52-23-15-14-18-39(52)50(59)64-43(33(4)26-37-20-22-40(53)44(27-37)62-9)29-41(54)32(3)25-35(6)46(56)47(63-10)45(55)34(5)24-30/h2*11-13,16-17,25,30,32-34,36-40,42-44,46-47,53,56,60H,14-15,18-24,26-29H2,1-10H3/b2*13-11?,16-12+,31-17?,35-25+/t2*30-,32-,33-,34-,36-,37+,38+,39+,40-,42+,43+,44-,46-,47+,51-/m11/s1. The smallest absolute Gasteiger partial charge is 0.329 e. The largest absolute Gasteiger partial charge is 0.460 e. The summed E-state index contributed by atoms with van der Waals surface area (Å²) < 4.78 is 58.7. The molecular formula is C102H158N2O26. The Kier molecular flexibility index (Phi) is 44.4. The van der Waals surface area contributed by atoms with E-state index in [4.69, 9.17) is 47.4 Å². The number of allylic oxidation sites excluding steroid dienone is 12. The van der Waals surface area contributed by atoms with Crippen molar-refractivity contribution in [2.24, 2.45) is 71.0 Å². The minimum absolute atomic E-state index is 0.0193. The fraction of sp³-hybridized carbons (Fsp3) is 0.745. The zero-order chi connectivity index (χ0) is 96.3. The molecule has 0 radical (unpaired) electrons. The average Bonchev–Trinajstić information content (AvgIpc) is 0.774. The molecular weight excluding hydrogens is 1670 g/mol. The summed E-state index contributed by atoms with van der Waals surface area (Å²) in [6, 6.07) is -2.28. The second kappa shape index (κ2) is 52.4. The van der Waals surface area contributed by atoms with Gasteiger partial charge >= 0.3 is 11.9 Å². The van der Waals surface area contributed by atoms with Crippen molar-refractivity contribution in [1.82, 2.24) is 9.80 Å². The first-order chi connectivity index (χ1) is 61.5. The summed E-state index contributed by atoms with van der Waals surface area (Å²) in [4.78, 5) is 144. The molecule has 6 aliphatic heterocycles. The predicted octanol–water partition coefficient (Wildman–Crippen LogP) is 12.4. The molecule has 8 aliphatic rings. The molecule has 8 rings (SSSR count). The highest BCUT2D eigenvalue weighted by Crippen LogP contribution is 2.42. The Balaban J connectivity index is 0.000000356. The SMILES string of the molecule is CO[C@H]1C[C@@H]2CC[C@@H](C)[C@@](O)(O2)C(=O)C(=O)N2CCCC[C@H]2C(=O)O[C@H]([C@H](C)C[C@@H]2CC[C@@H](O)[C@H](OC)C2)CC(=O)[C@H](C)/C=C(\C)[C@@H](O)[C@@H](OC)C(=O)[C@H](C)C[C@H](C)/C=C/C=CC=C1C.CO[C@H]1C[C@@H]2CC[C@@H](C)[C@@](O)(O2)C(=O)C(=O)N2CCCC[C@H]2C(=O)O[C@H]([C@H](C)C[C@@H]2CC[C@@H](O)[C@H](OC)C2)CC(=O)[C@H](C)/C=C(\C)[C@@H](O)[C@@H](OC)C(=O)[C@H](C)C[C@H](C)/C=C/C=CC=C1C. The summed E-state index contributed by atoms with van der Waals surface area (Å²) >= 11 is 0. The number of Topliss-reactive ketones (excluding diaryl/α,β-unsaturated/α-hetero) is 6. The molecule has 0 aromatic rings. The number of amides is 2. The number of fused-ring (bicyclic) bond motifs is 6. The number of aliphatic hydroxyl groups excluding tert-OH is 4. The van der Waals surface area contributed by atoms with Crippen molar-refractivity contribution in [2.45, 2.75) is 360 Å². The van der Waals surface area contributed by atoms with Gasteiger partial charge in [-0.2, -0.15) is 0 Å². The molecule has 130 heavy (non-hydrogen) atoms. The van der Waals surface area contributed by atoms with Crippen LogP contribution in [0.5, 0.6) is 0 Å². The van der Waals surface area contributed by atoms with E-state index in [0.717, 1.165) is 24.0 Å². The number of aliphatic hydroxyl groups is 6. The Morgan fingerprint density at radius 3 is 1.12 bits per heavy atom. The molecule has 6 fully saturated rings. The van der Waals surface area contributed by atoms with Gasteiger partial charge in [0.05, 0.1) is 48.8 Å². The molecule has 4 bridgehead atoms. The molecule has 0 aromatic heterocycles. The van der Waals surface area contributed by atoms with E-state index >= 15 is 0 Å². The van der Waals surface area contributed by atoms with Gasteiger partial charge < -0.3 is 87.8 Å². The van der Waals surface area contributed by atoms with Crippen molar-refractivity contribution in [3.05, 3.63) is 95.2 Å². The number of carbonyl (C=O) groups is 10. The normalized spacial score (nSPS) is 39.1. The zero-order valence-electron chi connectivity index (χ0n) is 81.2. The third kappa shape index (κ3) is 30.1. The van der Waals surface area contributed by atoms with Crippen molar-refractivity contribution < 1.29 is 126 Å². The highest BCUT2D eigenvalue weighted by Gasteiger charge is 2.56. The van der Waals surface area contributed by atoms with E-state index in [1.54, 1.807) is 82.1 Å². The minimum atomic E-state index is -2.43. The third-order valence-electron chi connectivity index (χ3n) is 29.0. The molecule has 28 nitrogen and oxygen atoms in total. The van der Waals surface area contributed by atoms with E-state index in [0.29, 0.717) is 127 Å². The van der Waals surface area contributed by atoms with E-state index in [1.807, 2.05) is 116 Å². The number of ether oxygens (including phenoxy) is 10. The number of nitrogens with zero attached hydrogens (tertiary/aromatic N) is 2. The Bertz CT molecular complexity index is 3760. The second-order valence-corrected chi connectivity index (χ2v) is 39.2. The first-order valence-electron chi connectivity index (χ1n) is 47.8. The summed E-state index contributed by atoms with van der Waals surface area (Å²) in [6.07, 6.45) is 22.4. The lowest BCUT2D eigenvalue weighted by Crippen LogP contribution is -2.61. The van der Waals surface area contributed by atoms with Gasteiger partial charge in [-0.15, -0.1) is 0 Å². The van der Waals surface area contributed by atoms with Crippen LogP contribution >= 0.6 is 0 Å². The van der Waals surface area contributed by atoms with E-state index < -0.39 is 168 Å². The summed E-state index contributed by atoms with van der Waals surface area (Å²) in [5.41, 5.74) is 2.53. The molecule has 4 saturated heterocycles. The van der Waals surface area contributed by atoms with Crippen molar-refractivity contribution in [3.63, 3.8) is 0 Å². The number of rotatable bonds is 12. The number of ketones is 6. The number of methoxy groups -OCH3 is 6. The molecule has 0 unspecified atom stereocenters. The van der Waals surface area contributed by atoms with Crippen molar-refractivity contribution in [3.8, 4) is 0 Å². The maximum absolute atomic E-state index is 14.4. The molecule has 0 spiro atoms. The Morgan fingerprint density at radius 1 is 0.423 bits per heavy atom. The summed E-state index contributed by atoms with van der Waals surface area (Å²) in [5, 5.41) is 67.7. The molecule has 2 amide bonds. The highest BCUT2D eigenvalue weighted by atomic mass is 16.6. The van der Waals surface area contributed by atoms with Gasteiger partial charge in [0.15, 0.2) is 11.6 Å². The van der Waals surface area contributed by atoms with Gasteiger partial charge in [-0.25, -0.2) is 9.59 Å². The van der Waals surface area contributed by atoms with Crippen molar-refractivity contribution in [2.75, 3.05) is 55.7 Å². The summed E-state index contributed by atoms with van der Waals surface area (Å²) in [5.74, 6) is -15.9. The van der Waals surface area contributed by atoms with Gasteiger partial charge in [-0.3, -0.25) is 38.4 Å². The summed E-state index contributed by atoms with van der Waals surface area (Å²) in [7, 11) is 9.04. The van der Waals surface area contributed by atoms with Crippen LogP contribution in [0.1, 0.15) is 251 Å². The molecule has 2 aliphatic carbocycles. The zero-order valence-corrected chi connectivity index (χ0v) is 81.2. The average molecular weight is 1830 g/mol. The summed E-state index contributed by atoms with van der Waals surface area (Å²) in [6.45, 7) is 25.5. The van der Waals surface area contributed by atoms with E-state index in [-0.39, 0.29) is 110 Å². The van der Waals surface area contributed by atoms with E-state index in [9.17, 15) is 78.6 Å². The first-order valence-corrected chi connectivity index (χ1v) is 47.8. The topological polar surface area (TPSA) is 391 Å². The van der Waals surface area contributed by atoms with Crippen LogP contribution in [0.15, 0.2) is 95.2 Å². The fourth-order valence-corrected chi connectivity index (χ4v) is 20.2. The van der Waals surface area contributed by atoms with E-state index in [1.165, 1.54) is 24.0 Å². The van der Waals surface area contributed by atoms with Gasteiger partial charge in [0, 0.05) is 117 Å². The number of cyclic esters (lactones) is 2. The van der Waals surface area contributed by atoms with Crippen LogP contribution in [-0.4, -0.2) is 264 Å². The van der Waals surface area contributed by atoms with Crippen LogP contribution in [0, 0.1) is 71.0 Å². The second-order valence-electron chi connectivity index (χ2n) is 39.2. The van der Waals surface area contributed by atoms with Crippen LogP contribution in [0.3, 0.4) is 0 Å². The van der Waals surface area contributed by atoms with Crippen LogP contribution < -0.4 is 0 Å². The monoisotopic (exact) mass is 1830 g/mol. The van der Waals surface area contributed by atoms with Crippen molar-refractivity contribution >= 4 is 58.5 Å². The van der Waals surface area contributed by atoms with Crippen LogP contribution in [0.2, 0.25) is 0 Å². The molecule has 30 atom stereocenters. The maximum Gasteiger partial charge on any atom is 0.329 e. The molecule has 6 N–H and O–H groups in total. The van der Waals surface area contributed by atoms with Gasteiger partial charge in [0.1, 0.15) is 60.3 Å². The highest BCUT2D eigenvalue weighted by molar-refractivity contribution is 6.39. The number of hydrogen-bond acceptors (Lipinski definition) is 26. The van der Waals surface area contributed by atoms with Crippen molar-refractivity contribution in [1.29, 1.82) is 0 Å². The van der Waals surface area contributed by atoms with Crippen LogP contribution in [0.25, 0.3) is 0 Å². The van der Waals surface area contributed by atoms with Gasteiger partial charge in [-0.05, 0) is 214 Å². The Hall–Kier alpha value is -6.74. The number of carbonyl (C=O) groups excluding carboxylic acids is 10. The number of esters is 2. The third-order valence-corrected chi connectivity index (χ3v) is 29.0. The molecule has 2 saturated carbocycles. The molecule has 0 aromatic carbocycles. The van der Waals surface area contributed by atoms with Gasteiger partial charge in [0.2, 0.25) is 11.6 Å². The predicted molar refractivity (Wildman–Crippen MR) is 490 cm³/mol. The lowest BCUT2D eigenvalue weighted by atomic mass is 9.78.